The number of benzene rings is 1. The summed E-state index contributed by atoms with van der Waals surface area (Å²) >= 11 is 0. The van der Waals surface area contributed by atoms with Crippen molar-refractivity contribution in [3.8, 4) is 0 Å². The lowest BCUT2D eigenvalue weighted by Crippen LogP contribution is -2.40. The van der Waals surface area contributed by atoms with Crippen LogP contribution in [0.5, 0.6) is 0 Å². The molecule has 0 saturated carbocycles. The molecule has 1 aromatic rings. The Morgan fingerprint density at radius 1 is 1.33 bits per heavy atom. The molecule has 0 saturated heterocycles. The molecule has 1 N–H and O–H groups in total. The average Bonchev–Trinajstić information content (AvgIpc) is 3.01. The number of likely N-dealkylation sites (N-methyl/N-ethyl adjacent to an activating group) is 1. The van der Waals surface area contributed by atoms with Crippen molar-refractivity contribution in [2.45, 2.75) is 51.9 Å². The van der Waals surface area contributed by atoms with Crippen molar-refractivity contribution in [1.82, 2.24) is 4.90 Å². The van der Waals surface area contributed by atoms with E-state index >= 15 is 0 Å². The molecule has 0 spiro atoms. The molecular formula is C19H30N2O3. The van der Waals surface area contributed by atoms with E-state index < -0.39 is 6.10 Å². The summed E-state index contributed by atoms with van der Waals surface area (Å²) in [5.41, 5.74) is 1.88. The van der Waals surface area contributed by atoms with Gasteiger partial charge in [0, 0.05) is 19.5 Å². The van der Waals surface area contributed by atoms with Gasteiger partial charge in [-0.25, -0.2) is 0 Å². The molecule has 0 fully saturated rings. The van der Waals surface area contributed by atoms with E-state index in [-0.39, 0.29) is 11.7 Å². The third kappa shape index (κ3) is 6.23. The van der Waals surface area contributed by atoms with Gasteiger partial charge >= 0.3 is 0 Å². The second-order valence-corrected chi connectivity index (χ2v) is 7.26. The number of hydrogen-bond acceptors (Lipinski definition) is 5. The fourth-order valence-electron chi connectivity index (χ4n) is 2.64. The molecule has 0 aromatic heterocycles. The molecule has 2 rings (SSSR count). The van der Waals surface area contributed by atoms with Gasteiger partial charge in [-0.15, -0.1) is 0 Å². The lowest BCUT2D eigenvalue weighted by atomic mass is 10.0. The van der Waals surface area contributed by atoms with Crippen LogP contribution in [0.25, 0.3) is 0 Å². The second kappa shape index (κ2) is 8.60. The van der Waals surface area contributed by atoms with E-state index in [1.165, 1.54) is 0 Å². The molecule has 1 aliphatic rings. The highest BCUT2D eigenvalue weighted by atomic mass is 16.6. The van der Waals surface area contributed by atoms with Crippen LogP contribution in [0.2, 0.25) is 0 Å². The highest BCUT2D eigenvalue weighted by Gasteiger charge is 2.25. The maximum atomic E-state index is 10.2. The van der Waals surface area contributed by atoms with Crippen LogP contribution < -0.4 is 0 Å². The van der Waals surface area contributed by atoms with Crippen molar-refractivity contribution in [1.29, 1.82) is 0 Å². The largest absolute Gasteiger partial charge is 0.390 e. The Morgan fingerprint density at radius 2 is 2.04 bits per heavy atom. The number of aliphatic hydroxyl groups is 1. The van der Waals surface area contributed by atoms with Crippen molar-refractivity contribution in [3.05, 3.63) is 35.9 Å². The van der Waals surface area contributed by atoms with E-state index in [9.17, 15) is 5.11 Å². The number of rotatable bonds is 8. The average molecular weight is 334 g/mol. The fraction of sp³-hybridized carbons (Fsp3) is 0.632. The minimum Gasteiger partial charge on any atom is -0.390 e. The van der Waals surface area contributed by atoms with E-state index in [1.807, 2.05) is 39.0 Å². The van der Waals surface area contributed by atoms with Crippen LogP contribution in [-0.4, -0.2) is 59.8 Å². The summed E-state index contributed by atoms with van der Waals surface area (Å²) in [6, 6.07) is 10.1. The molecule has 0 radical (unpaired) electrons. The molecule has 2 atom stereocenters. The third-order valence-electron chi connectivity index (χ3n) is 3.93. The van der Waals surface area contributed by atoms with Gasteiger partial charge in [0.1, 0.15) is 6.10 Å². The van der Waals surface area contributed by atoms with Crippen LogP contribution in [0.4, 0.5) is 0 Å². The lowest BCUT2D eigenvalue weighted by molar-refractivity contribution is -0.0588. The molecule has 24 heavy (non-hydrogen) atoms. The molecule has 0 bridgehead atoms. The van der Waals surface area contributed by atoms with E-state index in [2.05, 4.69) is 29.1 Å². The number of nitrogens with zero attached hydrogens (tertiary/aromatic N) is 2. The summed E-state index contributed by atoms with van der Waals surface area (Å²) in [5.74, 6) is 0. The van der Waals surface area contributed by atoms with Gasteiger partial charge in [0.25, 0.3) is 0 Å². The number of oxime groups is 1. The quantitative estimate of drug-likeness (QED) is 0.794. The van der Waals surface area contributed by atoms with E-state index in [0.717, 1.165) is 30.8 Å². The number of aliphatic hydroxyl groups excluding tert-OH is 1. The smallest absolute Gasteiger partial charge is 0.145 e. The highest BCUT2D eigenvalue weighted by Crippen LogP contribution is 2.17. The van der Waals surface area contributed by atoms with Crippen LogP contribution in [0.15, 0.2) is 35.5 Å². The summed E-state index contributed by atoms with van der Waals surface area (Å²) in [6.07, 6.45) is 0.339. The molecule has 5 nitrogen and oxygen atoms in total. The first-order valence-corrected chi connectivity index (χ1v) is 8.70. The molecule has 5 heteroatoms. The van der Waals surface area contributed by atoms with Crippen molar-refractivity contribution in [3.63, 3.8) is 0 Å². The van der Waals surface area contributed by atoms with Crippen LogP contribution in [0.1, 0.15) is 39.7 Å². The number of hydrogen-bond donors (Lipinski definition) is 1. The minimum atomic E-state index is -0.500. The molecule has 134 valence electrons. The summed E-state index contributed by atoms with van der Waals surface area (Å²) in [5, 5.41) is 14.4. The lowest BCUT2D eigenvalue weighted by Gasteiger charge is -2.27. The van der Waals surface area contributed by atoms with Crippen molar-refractivity contribution >= 4 is 5.71 Å². The molecule has 0 amide bonds. The monoisotopic (exact) mass is 334 g/mol. The normalized spacial score (nSPS) is 19.2. The summed E-state index contributed by atoms with van der Waals surface area (Å²) < 4.78 is 5.65. The van der Waals surface area contributed by atoms with Gasteiger partial charge in [-0.05, 0) is 32.9 Å². The summed E-state index contributed by atoms with van der Waals surface area (Å²) in [4.78, 5) is 7.77. The Kier molecular flexibility index (Phi) is 6.78. The van der Waals surface area contributed by atoms with Crippen LogP contribution in [-0.2, 0) is 9.57 Å². The maximum Gasteiger partial charge on any atom is 0.145 e. The Labute approximate surface area is 145 Å². The number of ether oxygens (including phenoxy) is 1. The van der Waals surface area contributed by atoms with Gasteiger partial charge in [-0.2, -0.15) is 0 Å². The van der Waals surface area contributed by atoms with Gasteiger partial charge in [0.15, 0.2) is 0 Å². The molecule has 1 aliphatic heterocycles. The Balaban J connectivity index is 1.78. The third-order valence-corrected chi connectivity index (χ3v) is 3.93. The zero-order valence-electron chi connectivity index (χ0n) is 15.2. The first kappa shape index (κ1) is 18.9. The van der Waals surface area contributed by atoms with Gasteiger partial charge < -0.3 is 14.7 Å². The Morgan fingerprint density at radius 3 is 2.67 bits per heavy atom. The predicted molar refractivity (Wildman–Crippen MR) is 96.3 cm³/mol. The Bertz CT molecular complexity index is 525. The molecule has 2 unspecified atom stereocenters. The standard InChI is InChI=1S/C19H30N2O3/c1-5-21(12-16(22)14-23-19(2,3)4)13-17-11-18(20-24-17)15-9-7-6-8-10-15/h6-10,16-17,22H,5,11-14H2,1-4H3. The van der Waals surface area contributed by atoms with Crippen molar-refractivity contribution in [2.24, 2.45) is 5.16 Å². The summed E-state index contributed by atoms with van der Waals surface area (Å²) in [6.45, 7) is 10.6. The highest BCUT2D eigenvalue weighted by molar-refractivity contribution is 6.01. The van der Waals surface area contributed by atoms with E-state index in [0.29, 0.717) is 13.2 Å². The van der Waals surface area contributed by atoms with Gasteiger partial charge in [-0.3, -0.25) is 4.90 Å². The second-order valence-electron chi connectivity index (χ2n) is 7.26. The minimum absolute atomic E-state index is 0.0379. The predicted octanol–water partition coefficient (Wildman–Crippen LogP) is 2.68. The topological polar surface area (TPSA) is 54.3 Å². The van der Waals surface area contributed by atoms with E-state index in [1.54, 1.807) is 0 Å². The Hall–Kier alpha value is -1.43. The van der Waals surface area contributed by atoms with Gasteiger partial charge in [-0.1, -0.05) is 42.4 Å². The summed E-state index contributed by atoms with van der Waals surface area (Å²) in [7, 11) is 0. The molecule has 1 aromatic carbocycles. The van der Waals surface area contributed by atoms with E-state index in [4.69, 9.17) is 9.57 Å². The maximum absolute atomic E-state index is 10.2. The van der Waals surface area contributed by atoms with Crippen LogP contribution in [0, 0.1) is 0 Å². The van der Waals surface area contributed by atoms with Crippen molar-refractivity contribution < 1.29 is 14.7 Å². The van der Waals surface area contributed by atoms with Gasteiger partial charge in [0.2, 0.25) is 0 Å². The van der Waals surface area contributed by atoms with Crippen molar-refractivity contribution in [2.75, 3.05) is 26.2 Å². The van der Waals surface area contributed by atoms with Gasteiger partial charge in [0.05, 0.1) is 24.0 Å². The van der Waals surface area contributed by atoms with Crippen LogP contribution in [0.3, 0.4) is 0 Å². The van der Waals surface area contributed by atoms with Crippen LogP contribution >= 0.6 is 0 Å². The zero-order chi connectivity index (χ0) is 17.6. The molecule has 0 aliphatic carbocycles. The first-order valence-electron chi connectivity index (χ1n) is 8.70. The zero-order valence-corrected chi connectivity index (χ0v) is 15.2. The SMILES string of the molecule is CCN(CC(O)COC(C)(C)C)CC1CC(c2ccccc2)=NO1. The first-order chi connectivity index (χ1) is 11.4. The molecule has 1 heterocycles. The fourth-order valence-corrected chi connectivity index (χ4v) is 2.64. The molecular weight excluding hydrogens is 304 g/mol.